The van der Waals surface area contributed by atoms with Gasteiger partial charge >= 0.3 is 0 Å². The molecular weight excluding hydrogens is 291 g/mol. The molecule has 2 unspecified atom stereocenters. The molecular formula is C13H14ClFOS2. The summed E-state index contributed by atoms with van der Waals surface area (Å²) in [6.45, 7) is 2.08. The fraction of sp³-hybridized carbons (Fsp3) is 0.462. The normalized spacial score (nSPS) is 23.9. The Morgan fingerprint density at radius 3 is 2.89 bits per heavy atom. The van der Waals surface area contributed by atoms with Gasteiger partial charge in [-0.05, 0) is 23.8 Å². The fourth-order valence-corrected chi connectivity index (χ4v) is 4.87. The molecule has 2 rings (SSSR count). The molecule has 1 nitrogen and oxygen atoms in total. The molecule has 1 saturated heterocycles. The van der Waals surface area contributed by atoms with Crippen molar-refractivity contribution in [2.75, 3.05) is 11.5 Å². The first-order chi connectivity index (χ1) is 8.58. The smallest absolute Gasteiger partial charge is 0.151 e. The van der Waals surface area contributed by atoms with Gasteiger partial charge in [0.25, 0.3) is 0 Å². The highest BCUT2D eigenvalue weighted by Gasteiger charge is 2.29. The number of thioether (sulfide) groups is 2. The van der Waals surface area contributed by atoms with Crippen LogP contribution in [0, 0.1) is 5.82 Å². The molecule has 0 saturated carbocycles. The van der Waals surface area contributed by atoms with E-state index in [4.69, 9.17) is 11.6 Å². The summed E-state index contributed by atoms with van der Waals surface area (Å²) in [6, 6.07) is 4.17. The lowest BCUT2D eigenvalue weighted by Crippen LogP contribution is -2.32. The first-order valence-corrected chi connectivity index (χ1v) is 8.25. The molecule has 0 aliphatic carbocycles. The number of benzene rings is 1. The summed E-state index contributed by atoms with van der Waals surface area (Å²) >= 11 is 9.51. The summed E-state index contributed by atoms with van der Waals surface area (Å²) in [4.78, 5) is 12.2. The molecule has 0 N–H and O–H groups in total. The van der Waals surface area contributed by atoms with Crippen molar-refractivity contribution in [1.82, 2.24) is 0 Å². The Labute approximate surface area is 120 Å². The molecule has 0 aromatic heterocycles. The average molecular weight is 305 g/mol. The first-order valence-electron chi connectivity index (χ1n) is 5.78. The SMILES string of the molecule is CC1SCCSC1C(=O)Cc1cc(F)ccc1Cl. The number of halogens is 2. The zero-order valence-corrected chi connectivity index (χ0v) is 12.4. The van der Waals surface area contributed by atoms with Gasteiger partial charge < -0.3 is 0 Å². The summed E-state index contributed by atoms with van der Waals surface area (Å²) in [7, 11) is 0. The summed E-state index contributed by atoms with van der Waals surface area (Å²) in [5.41, 5.74) is 0.588. The fourth-order valence-electron chi connectivity index (χ4n) is 1.95. The van der Waals surface area contributed by atoms with Crippen LogP contribution in [0.15, 0.2) is 18.2 Å². The Morgan fingerprint density at radius 2 is 2.17 bits per heavy atom. The predicted octanol–water partition coefficient (Wildman–Crippen LogP) is 3.83. The van der Waals surface area contributed by atoms with Crippen LogP contribution in [0.4, 0.5) is 4.39 Å². The molecule has 2 atom stereocenters. The van der Waals surface area contributed by atoms with Crippen molar-refractivity contribution < 1.29 is 9.18 Å². The molecule has 0 bridgehead atoms. The minimum absolute atomic E-state index is 0.00286. The van der Waals surface area contributed by atoms with E-state index < -0.39 is 0 Å². The van der Waals surface area contributed by atoms with E-state index in [1.165, 1.54) is 18.2 Å². The zero-order valence-electron chi connectivity index (χ0n) is 9.99. The quantitative estimate of drug-likeness (QED) is 0.845. The van der Waals surface area contributed by atoms with Gasteiger partial charge in [-0.15, -0.1) is 11.8 Å². The minimum Gasteiger partial charge on any atom is -0.298 e. The second-order valence-corrected chi connectivity index (χ2v) is 7.39. The van der Waals surface area contributed by atoms with E-state index in [0.29, 0.717) is 15.8 Å². The Bertz CT molecular complexity index is 453. The van der Waals surface area contributed by atoms with Gasteiger partial charge in [0, 0.05) is 28.2 Å². The number of carbonyl (C=O) groups is 1. The molecule has 0 amide bonds. The summed E-state index contributed by atoms with van der Waals surface area (Å²) in [5.74, 6) is 1.90. The van der Waals surface area contributed by atoms with E-state index in [2.05, 4.69) is 6.92 Å². The van der Waals surface area contributed by atoms with E-state index in [0.717, 1.165) is 11.5 Å². The van der Waals surface area contributed by atoms with Crippen molar-refractivity contribution in [3.05, 3.63) is 34.6 Å². The van der Waals surface area contributed by atoms with Crippen molar-refractivity contribution in [2.24, 2.45) is 0 Å². The van der Waals surface area contributed by atoms with Gasteiger partial charge in [0.1, 0.15) is 5.82 Å². The average Bonchev–Trinajstić information content (AvgIpc) is 2.34. The standard InChI is InChI=1S/C13H14ClFOS2/c1-8-13(18-5-4-17-8)12(16)7-9-6-10(15)2-3-11(9)14/h2-3,6,8,13H,4-5,7H2,1H3. The van der Waals surface area contributed by atoms with Crippen LogP contribution in [-0.4, -0.2) is 27.8 Å². The van der Waals surface area contributed by atoms with Gasteiger partial charge in [0.05, 0.1) is 5.25 Å². The van der Waals surface area contributed by atoms with E-state index in [-0.39, 0.29) is 23.3 Å². The van der Waals surface area contributed by atoms with Gasteiger partial charge in [0.2, 0.25) is 0 Å². The first kappa shape index (κ1) is 14.2. The largest absolute Gasteiger partial charge is 0.298 e. The number of rotatable bonds is 3. The molecule has 98 valence electrons. The molecule has 1 heterocycles. The maximum absolute atomic E-state index is 13.1. The van der Waals surface area contributed by atoms with Crippen LogP contribution in [-0.2, 0) is 11.2 Å². The Balaban J connectivity index is 2.08. The lowest BCUT2D eigenvalue weighted by atomic mass is 10.1. The number of hydrogen-bond acceptors (Lipinski definition) is 3. The number of hydrogen-bond donors (Lipinski definition) is 0. The van der Waals surface area contributed by atoms with E-state index in [1.54, 1.807) is 11.8 Å². The van der Waals surface area contributed by atoms with Gasteiger partial charge in [0.15, 0.2) is 5.78 Å². The lowest BCUT2D eigenvalue weighted by Gasteiger charge is -2.26. The second-order valence-electron chi connectivity index (χ2n) is 4.25. The molecule has 5 heteroatoms. The maximum atomic E-state index is 13.1. The van der Waals surface area contributed by atoms with E-state index in [9.17, 15) is 9.18 Å². The van der Waals surface area contributed by atoms with Gasteiger partial charge in [-0.2, -0.15) is 11.8 Å². The third-order valence-electron chi connectivity index (χ3n) is 2.88. The topological polar surface area (TPSA) is 17.1 Å². The maximum Gasteiger partial charge on any atom is 0.151 e. The summed E-state index contributed by atoms with van der Waals surface area (Å²) < 4.78 is 13.1. The highest BCUT2D eigenvalue weighted by molar-refractivity contribution is 8.07. The Kier molecular flexibility index (Phi) is 4.98. The Hall–Kier alpha value is -0.190. The van der Waals surface area contributed by atoms with Gasteiger partial charge in [-0.25, -0.2) is 4.39 Å². The highest BCUT2D eigenvalue weighted by Crippen LogP contribution is 2.32. The second kappa shape index (κ2) is 6.31. The van der Waals surface area contributed by atoms with E-state index in [1.807, 2.05) is 11.8 Å². The van der Waals surface area contributed by atoms with Crippen LogP contribution in [0.2, 0.25) is 5.02 Å². The third kappa shape index (κ3) is 3.43. The van der Waals surface area contributed by atoms with Crippen LogP contribution >= 0.6 is 35.1 Å². The van der Waals surface area contributed by atoms with Crippen molar-refractivity contribution >= 4 is 40.9 Å². The monoisotopic (exact) mass is 304 g/mol. The molecule has 1 aromatic rings. The number of ketones is 1. The van der Waals surface area contributed by atoms with Crippen LogP contribution in [0.3, 0.4) is 0 Å². The molecule has 1 fully saturated rings. The van der Waals surface area contributed by atoms with Crippen LogP contribution in [0.25, 0.3) is 0 Å². The summed E-state index contributed by atoms with van der Waals surface area (Å²) in [6.07, 6.45) is 0.221. The van der Waals surface area contributed by atoms with Gasteiger partial charge in [-0.3, -0.25) is 4.79 Å². The molecule has 18 heavy (non-hydrogen) atoms. The van der Waals surface area contributed by atoms with Crippen LogP contribution in [0.1, 0.15) is 12.5 Å². The predicted molar refractivity (Wildman–Crippen MR) is 78.3 cm³/mol. The van der Waals surface area contributed by atoms with Crippen molar-refractivity contribution in [3.63, 3.8) is 0 Å². The molecule has 0 radical (unpaired) electrons. The number of carbonyl (C=O) groups excluding carboxylic acids is 1. The molecule has 1 aliphatic rings. The van der Waals surface area contributed by atoms with Crippen molar-refractivity contribution in [3.8, 4) is 0 Å². The molecule has 1 aromatic carbocycles. The minimum atomic E-state index is -0.346. The molecule has 0 spiro atoms. The van der Waals surface area contributed by atoms with Crippen LogP contribution < -0.4 is 0 Å². The van der Waals surface area contributed by atoms with Crippen LogP contribution in [0.5, 0.6) is 0 Å². The highest BCUT2D eigenvalue weighted by atomic mass is 35.5. The lowest BCUT2D eigenvalue weighted by molar-refractivity contribution is -0.117. The Morgan fingerprint density at radius 1 is 1.44 bits per heavy atom. The van der Waals surface area contributed by atoms with E-state index >= 15 is 0 Å². The third-order valence-corrected chi connectivity index (χ3v) is 6.38. The van der Waals surface area contributed by atoms with Gasteiger partial charge in [-0.1, -0.05) is 18.5 Å². The summed E-state index contributed by atoms with van der Waals surface area (Å²) in [5, 5.41) is 0.789. The number of Topliss-reactive ketones (excluding diaryl/α,β-unsaturated/α-hetero) is 1. The zero-order chi connectivity index (χ0) is 13.1. The molecule has 1 aliphatic heterocycles. The van der Waals surface area contributed by atoms with Crippen molar-refractivity contribution in [1.29, 1.82) is 0 Å². The van der Waals surface area contributed by atoms with Crippen molar-refractivity contribution in [2.45, 2.75) is 23.8 Å².